The molecule has 0 bridgehead atoms. The zero-order chi connectivity index (χ0) is 17.0. The Labute approximate surface area is 145 Å². The highest BCUT2D eigenvalue weighted by Gasteiger charge is 2.32. The summed E-state index contributed by atoms with van der Waals surface area (Å²) < 4.78 is 1.84. The molecule has 0 N–H and O–H groups in total. The van der Waals surface area contributed by atoms with Gasteiger partial charge in [0.1, 0.15) is 0 Å². The molecule has 1 aliphatic rings. The molecule has 0 unspecified atom stereocenters. The van der Waals surface area contributed by atoms with Crippen LogP contribution in [0.25, 0.3) is 27.7 Å². The van der Waals surface area contributed by atoms with Crippen molar-refractivity contribution in [3.8, 4) is 11.3 Å². The highest BCUT2D eigenvalue weighted by Crippen LogP contribution is 2.44. The Morgan fingerprint density at radius 3 is 2.20 bits per heavy atom. The second-order valence-corrected chi connectivity index (χ2v) is 6.27. The van der Waals surface area contributed by atoms with Crippen LogP contribution in [0.5, 0.6) is 0 Å². The molecule has 2 heterocycles. The average Bonchev–Trinajstić information content (AvgIpc) is 3.16. The quantitative estimate of drug-likeness (QED) is 0.428. The van der Waals surface area contributed by atoms with Gasteiger partial charge in [0.05, 0.1) is 11.2 Å². The van der Waals surface area contributed by atoms with E-state index in [0.717, 1.165) is 44.4 Å². The Bertz CT molecular complexity index is 1170. The Morgan fingerprint density at radius 1 is 0.760 bits per heavy atom. The van der Waals surface area contributed by atoms with E-state index < -0.39 is 0 Å². The summed E-state index contributed by atoms with van der Waals surface area (Å²) in [5.74, 6) is 0.0360. The highest BCUT2D eigenvalue weighted by molar-refractivity contribution is 6.19. The molecule has 25 heavy (non-hydrogen) atoms. The van der Waals surface area contributed by atoms with E-state index in [0.29, 0.717) is 0 Å². The van der Waals surface area contributed by atoms with Gasteiger partial charge in [0.25, 0.3) is 5.91 Å². The Morgan fingerprint density at radius 2 is 1.40 bits per heavy atom. The van der Waals surface area contributed by atoms with Crippen molar-refractivity contribution in [2.24, 2.45) is 0 Å². The van der Waals surface area contributed by atoms with E-state index in [-0.39, 0.29) is 5.91 Å². The lowest BCUT2D eigenvalue weighted by molar-refractivity contribution is 0.0973. The number of para-hydroxylation sites is 1. The molecule has 0 radical (unpaired) electrons. The molecular weight excluding hydrogens is 306 g/mol. The number of benzene rings is 3. The van der Waals surface area contributed by atoms with Gasteiger partial charge in [0.2, 0.25) is 0 Å². The summed E-state index contributed by atoms with van der Waals surface area (Å²) in [5.41, 5.74) is 6.68. The van der Waals surface area contributed by atoms with Crippen molar-refractivity contribution in [3.05, 3.63) is 102 Å². The van der Waals surface area contributed by atoms with Gasteiger partial charge in [0, 0.05) is 22.1 Å². The van der Waals surface area contributed by atoms with E-state index in [9.17, 15) is 4.79 Å². The van der Waals surface area contributed by atoms with Gasteiger partial charge >= 0.3 is 0 Å². The maximum atomic E-state index is 13.0. The number of carbonyl (C=O) groups excluding carboxylic acids is 1. The molecule has 5 rings (SSSR count). The molecule has 0 spiro atoms. The lowest BCUT2D eigenvalue weighted by atomic mass is 9.93. The van der Waals surface area contributed by atoms with Crippen LogP contribution in [0.2, 0.25) is 0 Å². The zero-order valence-electron chi connectivity index (χ0n) is 13.6. The maximum Gasteiger partial charge on any atom is 0.263 e. The van der Waals surface area contributed by atoms with Crippen molar-refractivity contribution >= 4 is 22.4 Å². The van der Waals surface area contributed by atoms with E-state index >= 15 is 0 Å². The monoisotopic (exact) mass is 321 g/mol. The summed E-state index contributed by atoms with van der Waals surface area (Å²) >= 11 is 0. The van der Waals surface area contributed by atoms with Crippen LogP contribution in [0.4, 0.5) is 0 Å². The van der Waals surface area contributed by atoms with Gasteiger partial charge in [-0.3, -0.25) is 9.36 Å². The molecule has 1 aliphatic heterocycles. The topological polar surface area (TPSA) is 22.0 Å². The second kappa shape index (κ2) is 5.05. The second-order valence-electron chi connectivity index (χ2n) is 6.27. The van der Waals surface area contributed by atoms with Crippen LogP contribution in [0.1, 0.15) is 21.5 Å². The first kappa shape index (κ1) is 14.0. The largest absolute Gasteiger partial charge is 0.275 e. The molecule has 118 valence electrons. The van der Waals surface area contributed by atoms with Gasteiger partial charge in [-0.1, -0.05) is 73.3 Å². The molecule has 0 saturated carbocycles. The van der Waals surface area contributed by atoms with E-state index in [1.54, 1.807) is 0 Å². The fourth-order valence-corrected chi connectivity index (χ4v) is 3.79. The van der Waals surface area contributed by atoms with Gasteiger partial charge in [-0.25, -0.2) is 0 Å². The van der Waals surface area contributed by atoms with E-state index in [4.69, 9.17) is 0 Å². The van der Waals surface area contributed by atoms with E-state index in [2.05, 4.69) is 24.8 Å². The molecule has 2 nitrogen and oxygen atoms in total. The van der Waals surface area contributed by atoms with E-state index in [1.807, 2.05) is 65.2 Å². The summed E-state index contributed by atoms with van der Waals surface area (Å²) in [7, 11) is 0. The van der Waals surface area contributed by atoms with Crippen LogP contribution in [0, 0.1) is 0 Å². The molecule has 0 amide bonds. The van der Waals surface area contributed by atoms with Crippen molar-refractivity contribution in [2.75, 3.05) is 0 Å². The van der Waals surface area contributed by atoms with Crippen LogP contribution in [-0.2, 0) is 0 Å². The minimum Gasteiger partial charge on any atom is -0.275 e. The Hall–Kier alpha value is -3.39. The molecule has 0 fully saturated rings. The molecule has 0 saturated heterocycles. The first-order valence-electron chi connectivity index (χ1n) is 8.29. The SMILES string of the molecule is C=C(c1ccccc1)c1c2n(c3ccccc13)C(=O)c1ccccc1-2. The number of hydrogen-bond donors (Lipinski definition) is 0. The standard InChI is InChI=1S/C23H15NO/c1-15(16-9-3-2-4-10-16)21-19-13-7-8-14-20(19)24-22(21)17-11-5-6-12-18(17)23(24)25/h2-14H,1H2. The van der Waals surface area contributed by atoms with Gasteiger partial charge in [-0.15, -0.1) is 0 Å². The molecule has 0 aliphatic carbocycles. The molecular formula is C23H15NO. The fourth-order valence-electron chi connectivity index (χ4n) is 3.79. The zero-order valence-corrected chi connectivity index (χ0v) is 13.6. The summed E-state index contributed by atoms with van der Waals surface area (Å²) in [6.45, 7) is 4.37. The van der Waals surface area contributed by atoms with Crippen LogP contribution in [0.3, 0.4) is 0 Å². The first-order valence-corrected chi connectivity index (χ1v) is 8.29. The van der Waals surface area contributed by atoms with Gasteiger partial charge in [-0.05, 0) is 23.3 Å². The Kier molecular flexibility index (Phi) is 2.83. The third kappa shape index (κ3) is 1.82. The van der Waals surface area contributed by atoms with Crippen LogP contribution in [0.15, 0.2) is 85.4 Å². The van der Waals surface area contributed by atoms with Gasteiger partial charge < -0.3 is 0 Å². The summed E-state index contributed by atoms with van der Waals surface area (Å²) in [6.07, 6.45) is 0. The summed E-state index contributed by atoms with van der Waals surface area (Å²) in [6, 6.07) is 26.0. The van der Waals surface area contributed by atoms with E-state index in [1.165, 1.54) is 0 Å². The van der Waals surface area contributed by atoms with Crippen LogP contribution in [-0.4, -0.2) is 10.5 Å². The predicted octanol–water partition coefficient (Wildman–Crippen LogP) is 5.37. The normalized spacial score (nSPS) is 12.2. The number of rotatable bonds is 2. The minimum atomic E-state index is 0.0360. The van der Waals surface area contributed by atoms with Crippen molar-refractivity contribution in [1.29, 1.82) is 0 Å². The number of aromatic nitrogens is 1. The van der Waals surface area contributed by atoms with Crippen molar-refractivity contribution in [2.45, 2.75) is 0 Å². The lowest BCUT2D eigenvalue weighted by Crippen LogP contribution is -2.05. The number of nitrogens with zero attached hydrogens (tertiary/aromatic N) is 1. The number of fused-ring (bicyclic) bond motifs is 5. The molecule has 2 heteroatoms. The number of carbonyl (C=O) groups is 1. The molecule has 0 atom stereocenters. The summed E-state index contributed by atoms with van der Waals surface area (Å²) in [5, 5.41) is 1.06. The van der Waals surface area contributed by atoms with Crippen molar-refractivity contribution < 1.29 is 4.79 Å². The Balaban J connectivity index is 1.90. The lowest BCUT2D eigenvalue weighted by Gasteiger charge is -2.08. The smallest absolute Gasteiger partial charge is 0.263 e. The molecule has 4 aromatic rings. The fraction of sp³-hybridized carbons (Fsp3) is 0. The van der Waals surface area contributed by atoms with Gasteiger partial charge in [0.15, 0.2) is 0 Å². The van der Waals surface area contributed by atoms with Crippen LogP contribution < -0.4 is 0 Å². The summed E-state index contributed by atoms with van der Waals surface area (Å²) in [4.78, 5) is 13.0. The third-order valence-electron chi connectivity index (χ3n) is 4.91. The highest BCUT2D eigenvalue weighted by atomic mass is 16.2. The molecule has 1 aromatic heterocycles. The number of hydrogen-bond acceptors (Lipinski definition) is 1. The van der Waals surface area contributed by atoms with Crippen molar-refractivity contribution in [3.63, 3.8) is 0 Å². The first-order chi connectivity index (χ1) is 12.3. The molecule has 3 aromatic carbocycles. The maximum absolute atomic E-state index is 13.0. The van der Waals surface area contributed by atoms with Gasteiger partial charge in [-0.2, -0.15) is 0 Å². The minimum absolute atomic E-state index is 0.0360. The predicted molar refractivity (Wildman–Crippen MR) is 102 cm³/mol. The third-order valence-corrected chi connectivity index (χ3v) is 4.91. The average molecular weight is 321 g/mol. The van der Waals surface area contributed by atoms with Crippen LogP contribution >= 0.6 is 0 Å². The van der Waals surface area contributed by atoms with Crippen molar-refractivity contribution in [1.82, 2.24) is 4.57 Å².